The van der Waals surface area contributed by atoms with E-state index < -0.39 is 11.4 Å². The number of hydrogen-bond donors (Lipinski definition) is 2. The first kappa shape index (κ1) is 19.2. The lowest BCUT2D eigenvalue weighted by Crippen LogP contribution is -2.40. The minimum absolute atomic E-state index is 0.230. The van der Waals surface area contributed by atoms with Crippen molar-refractivity contribution >= 4 is 17.8 Å². The smallest absolute Gasteiger partial charge is 0.317 e. The Morgan fingerprint density at radius 1 is 1.17 bits per heavy atom. The van der Waals surface area contributed by atoms with Gasteiger partial charge in [-0.05, 0) is 42.5 Å². The molecule has 0 saturated carbocycles. The number of fused-ring (bicyclic) bond motifs is 1. The first-order valence-electron chi connectivity index (χ1n) is 9.97. The van der Waals surface area contributed by atoms with Gasteiger partial charge in [0.1, 0.15) is 5.82 Å². The molecular formula is C22H26N4O3. The molecule has 2 amide bonds. The van der Waals surface area contributed by atoms with E-state index in [0.717, 1.165) is 30.9 Å². The van der Waals surface area contributed by atoms with Gasteiger partial charge >= 0.3 is 12.0 Å². The van der Waals surface area contributed by atoms with Gasteiger partial charge in [0.15, 0.2) is 0 Å². The summed E-state index contributed by atoms with van der Waals surface area (Å²) in [6.07, 6.45) is 3.28. The number of likely N-dealkylation sites (tertiary alicyclic amines) is 1. The molecule has 0 spiro atoms. The molecule has 0 aliphatic carbocycles. The van der Waals surface area contributed by atoms with E-state index in [0.29, 0.717) is 19.5 Å². The Kier molecular flexibility index (Phi) is 5.13. The van der Waals surface area contributed by atoms with Gasteiger partial charge in [-0.15, -0.1) is 0 Å². The third kappa shape index (κ3) is 4.04. The summed E-state index contributed by atoms with van der Waals surface area (Å²) in [6.45, 7) is 4.55. The molecule has 2 aliphatic rings. The second-order valence-electron chi connectivity index (χ2n) is 8.16. The normalized spacial score (nSPS) is 21.0. The van der Waals surface area contributed by atoms with Crippen LogP contribution < -0.4 is 10.2 Å². The number of amides is 2. The van der Waals surface area contributed by atoms with Crippen molar-refractivity contribution in [2.75, 3.05) is 24.5 Å². The molecule has 0 bridgehead atoms. The number of nitrogens with one attached hydrogen (secondary N) is 1. The molecule has 2 N–H and O–H groups in total. The number of rotatable bonds is 4. The van der Waals surface area contributed by atoms with Crippen LogP contribution in [-0.4, -0.2) is 46.6 Å². The van der Waals surface area contributed by atoms with E-state index in [2.05, 4.69) is 39.5 Å². The van der Waals surface area contributed by atoms with Gasteiger partial charge in [0.25, 0.3) is 0 Å². The molecule has 1 atom stereocenters. The molecule has 29 heavy (non-hydrogen) atoms. The molecule has 1 aromatic heterocycles. The van der Waals surface area contributed by atoms with Crippen LogP contribution in [0.4, 0.5) is 10.6 Å². The first-order valence-corrected chi connectivity index (χ1v) is 9.97. The Hall–Kier alpha value is -3.09. The monoisotopic (exact) mass is 394 g/mol. The zero-order valence-electron chi connectivity index (χ0n) is 16.6. The van der Waals surface area contributed by atoms with Crippen LogP contribution in [-0.2, 0) is 24.3 Å². The summed E-state index contributed by atoms with van der Waals surface area (Å²) in [7, 11) is 0. The van der Waals surface area contributed by atoms with E-state index in [1.165, 1.54) is 11.1 Å². The Morgan fingerprint density at radius 3 is 2.66 bits per heavy atom. The molecule has 2 aliphatic heterocycles. The first-order chi connectivity index (χ1) is 13.9. The standard InChI is InChI=1S/C22H26N4O3/c1-22(20(27)28)9-11-26(15-22)21(29)24-13-16-6-7-19(23-12-16)25-10-8-17-4-2-3-5-18(17)14-25/h2-7,12H,8-11,13-15H2,1H3,(H,24,29)(H,27,28). The van der Waals surface area contributed by atoms with Gasteiger partial charge in [-0.1, -0.05) is 30.3 Å². The number of carbonyl (C=O) groups excluding carboxylic acids is 1. The molecule has 152 valence electrons. The quantitative estimate of drug-likeness (QED) is 0.833. The number of anilines is 1. The molecule has 7 heteroatoms. The maximum absolute atomic E-state index is 12.4. The number of benzene rings is 1. The summed E-state index contributed by atoms with van der Waals surface area (Å²) in [5, 5.41) is 12.2. The second kappa shape index (κ2) is 7.73. The summed E-state index contributed by atoms with van der Waals surface area (Å²) < 4.78 is 0. The Labute approximate surface area is 170 Å². The van der Waals surface area contributed by atoms with Gasteiger partial charge in [0, 0.05) is 38.9 Å². The average Bonchev–Trinajstić information content (AvgIpc) is 3.16. The van der Waals surface area contributed by atoms with Crippen LogP contribution in [0, 0.1) is 5.41 Å². The van der Waals surface area contributed by atoms with Crippen molar-refractivity contribution in [2.24, 2.45) is 5.41 Å². The van der Waals surface area contributed by atoms with Crippen LogP contribution in [0.25, 0.3) is 0 Å². The predicted octanol–water partition coefficient (Wildman–Crippen LogP) is 2.65. The number of urea groups is 1. The maximum atomic E-state index is 12.4. The van der Waals surface area contributed by atoms with Crippen LogP contribution in [0.2, 0.25) is 0 Å². The zero-order chi connectivity index (χ0) is 20.4. The Morgan fingerprint density at radius 2 is 1.97 bits per heavy atom. The third-order valence-corrected chi connectivity index (χ3v) is 5.98. The number of carboxylic acids is 1. The fraction of sp³-hybridized carbons (Fsp3) is 0.409. The second-order valence-corrected chi connectivity index (χ2v) is 8.16. The largest absolute Gasteiger partial charge is 0.481 e. The van der Waals surface area contributed by atoms with Gasteiger partial charge in [-0.3, -0.25) is 4.79 Å². The van der Waals surface area contributed by atoms with Crippen molar-refractivity contribution in [2.45, 2.75) is 32.9 Å². The highest BCUT2D eigenvalue weighted by Crippen LogP contribution is 2.30. The van der Waals surface area contributed by atoms with E-state index in [9.17, 15) is 14.7 Å². The van der Waals surface area contributed by atoms with E-state index in [1.807, 2.05) is 12.1 Å². The van der Waals surface area contributed by atoms with Crippen molar-refractivity contribution in [3.8, 4) is 0 Å². The lowest BCUT2D eigenvalue weighted by Gasteiger charge is -2.29. The lowest BCUT2D eigenvalue weighted by molar-refractivity contribution is -0.147. The maximum Gasteiger partial charge on any atom is 0.317 e. The molecule has 2 aromatic rings. The highest BCUT2D eigenvalue weighted by atomic mass is 16.4. The van der Waals surface area contributed by atoms with E-state index in [-0.39, 0.29) is 12.6 Å². The van der Waals surface area contributed by atoms with Crippen molar-refractivity contribution in [3.05, 3.63) is 59.3 Å². The van der Waals surface area contributed by atoms with E-state index in [1.54, 1.807) is 18.0 Å². The summed E-state index contributed by atoms with van der Waals surface area (Å²) >= 11 is 0. The number of carbonyl (C=O) groups is 2. The summed E-state index contributed by atoms with van der Waals surface area (Å²) in [5.74, 6) is 0.0827. The minimum atomic E-state index is -0.854. The van der Waals surface area contributed by atoms with Crippen LogP contribution in [0.15, 0.2) is 42.6 Å². The summed E-state index contributed by atoms with van der Waals surface area (Å²) in [5.41, 5.74) is 2.81. The molecule has 1 unspecified atom stereocenters. The highest BCUT2D eigenvalue weighted by Gasteiger charge is 2.42. The van der Waals surface area contributed by atoms with Gasteiger partial charge in [-0.2, -0.15) is 0 Å². The summed E-state index contributed by atoms with van der Waals surface area (Å²) in [4.78, 5) is 32.1. The lowest BCUT2D eigenvalue weighted by atomic mass is 9.90. The molecule has 4 rings (SSSR count). The van der Waals surface area contributed by atoms with Crippen molar-refractivity contribution < 1.29 is 14.7 Å². The SMILES string of the molecule is CC1(C(=O)O)CCN(C(=O)NCc2ccc(N3CCc4ccccc4C3)nc2)C1. The van der Waals surface area contributed by atoms with Gasteiger partial charge in [0.2, 0.25) is 0 Å². The highest BCUT2D eigenvalue weighted by molar-refractivity contribution is 5.79. The average molecular weight is 394 g/mol. The van der Waals surface area contributed by atoms with Crippen LogP contribution in [0.1, 0.15) is 30.0 Å². The van der Waals surface area contributed by atoms with E-state index in [4.69, 9.17) is 0 Å². The summed E-state index contributed by atoms with van der Waals surface area (Å²) in [6, 6.07) is 12.2. The van der Waals surface area contributed by atoms with Gasteiger partial charge < -0.3 is 20.2 Å². The van der Waals surface area contributed by atoms with Crippen LogP contribution in [0.5, 0.6) is 0 Å². The number of carboxylic acid groups (broad SMARTS) is 1. The molecule has 1 fully saturated rings. The fourth-order valence-corrected chi connectivity index (χ4v) is 4.00. The van der Waals surface area contributed by atoms with Crippen molar-refractivity contribution in [3.63, 3.8) is 0 Å². The molecule has 7 nitrogen and oxygen atoms in total. The molecule has 1 saturated heterocycles. The minimum Gasteiger partial charge on any atom is -0.481 e. The molecule has 3 heterocycles. The van der Waals surface area contributed by atoms with Crippen LogP contribution in [0.3, 0.4) is 0 Å². The van der Waals surface area contributed by atoms with Crippen molar-refractivity contribution in [1.29, 1.82) is 0 Å². The number of aromatic nitrogens is 1. The van der Waals surface area contributed by atoms with Gasteiger partial charge in [0.05, 0.1) is 5.41 Å². The van der Waals surface area contributed by atoms with Crippen LogP contribution >= 0.6 is 0 Å². The molecular weight excluding hydrogens is 368 g/mol. The number of nitrogens with zero attached hydrogens (tertiary/aromatic N) is 3. The topological polar surface area (TPSA) is 85.8 Å². The Bertz CT molecular complexity index is 915. The third-order valence-electron chi connectivity index (χ3n) is 5.98. The number of aliphatic carboxylic acids is 1. The Balaban J connectivity index is 1.31. The number of pyridine rings is 1. The van der Waals surface area contributed by atoms with Crippen molar-refractivity contribution in [1.82, 2.24) is 15.2 Å². The zero-order valence-corrected chi connectivity index (χ0v) is 16.6. The number of hydrogen-bond acceptors (Lipinski definition) is 4. The van der Waals surface area contributed by atoms with E-state index >= 15 is 0 Å². The van der Waals surface area contributed by atoms with Gasteiger partial charge in [-0.25, -0.2) is 9.78 Å². The predicted molar refractivity (Wildman–Crippen MR) is 110 cm³/mol. The molecule has 1 aromatic carbocycles. The molecule has 0 radical (unpaired) electrons. The fourth-order valence-electron chi connectivity index (χ4n) is 4.00.